The summed E-state index contributed by atoms with van der Waals surface area (Å²) in [4.78, 5) is 38.7. The van der Waals surface area contributed by atoms with E-state index in [2.05, 4.69) is 33.8 Å². The first-order valence-electron chi connectivity index (χ1n) is 9.75. The van der Waals surface area contributed by atoms with Crippen molar-refractivity contribution in [1.82, 2.24) is 0 Å². The lowest BCUT2D eigenvalue weighted by Gasteiger charge is -2.52. The van der Waals surface area contributed by atoms with Crippen molar-refractivity contribution in [3.8, 4) is 0 Å². The molecule has 4 nitrogen and oxygen atoms in total. The molecule has 4 heteroatoms. The molecular weight excluding hydrogens is 328 g/mol. The van der Waals surface area contributed by atoms with Crippen LogP contribution in [0.1, 0.15) is 60.8 Å². The van der Waals surface area contributed by atoms with Crippen LogP contribution in [-0.2, 0) is 19.1 Å². The van der Waals surface area contributed by atoms with Crippen molar-refractivity contribution in [1.29, 1.82) is 0 Å². The third-order valence-corrected chi connectivity index (χ3v) is 6.92. The number of ketones is 2. The zero-order chi connectivity index (χ0) is 19.4. The van der Waals surface area contributed by atoms with E-state index in [4.69, 9.17) is 4.74 Å². The molecule has 1 spiro atoms. The van der Waals surface area contributed by atoms with Crippen molar-refractivity contribution in [2.75, 3.05) is 0 Å². The van der Waals surface area contributed by atoms with Gasteiger partial charge in [-0.05, 0) is 63.7 Å². The third-order valence-electron chi connectivity index (χ3n) is 6.92. The summed E-state index contributed by atoms with van der Waals surface area (Å²) in [5, 5.41) is 0. The summed E-state index contributed by atoms with van der Waals surface area (Å²) in [6, 6.07) is 0. The smallest absolute Gasteiger partial charge is 0.308 e. The third kappa shape index (κ3) is 2.52. The molecule has 0 aromatic rings. The van der Waals surface area contributed by atoms with Gasteiger partial charge in [-0.1, -0.05) is 25.5 Å². The van der Waals surface area contributed by atoms with Crippen LogP contribution < -0.4 is 0 Å². The minimum absolute atomic E-state index is 0.0128. The van der Waals surface area contributed by atoms with Gasteiger partial charge >= 0.3 is 5.97 Å². The molecule has 2 fully saturated rings. The van der Waals surface area contributed by atoms with Crippen molar-refractivity contribution < 1.29 is 19.1 Å². The van der Waals surface area contributed by atoms with Crippen LogP contribution in [0.4, 0.5) is 0 Å². The molecule has 142 valence electrons. The molecule has 0 heterocycles. The Morgan fingerprint density at radius 1 is 1.12 bits per heavy atom. The first-order chi connectivity index (χ1) is 12.1. The highest BCUT2D eigenvalue weighted by atomic mass is 16.5. The van der Waals surface area contributed by atoms with E-state index in [-0.39, 0.29) is 35.1 Å². The fourth-order valence-corrected chi connectivity index (χ4v) is 6.16. The maximum atomic E-state index is 13.8. The van der Waals surface area contributed by atoms with Crippen molar-refractivity contribution in [2.24, 2.45) is 35.0 Å². The van der Waals surface area contributed by atoms with E-state index in [1.54, 1.807) is 6.92 Å². The molecular formula is C22H30O4. The van der Waals surface area contributed by atoms with Gasteiger partial charge in [0.2, 0.25) is 5.78 Å². The van der Waals surface area contributed by atoms with E-state index in [9.17, 15) is 14.4 Å². The second-order valence-corrected chi connectivity index (χ2v) is 8.88. The molecule has 0 aromatic heterocycles. The van der Waals surface area contributed by atoms with E-state index < -0.39 is 17.3 Å². The molecule has 3 rings (SSSR count). The first kappa shape index (κ1) is 19.1. The van der Waals surface area contributed by atoms with E-state index in [1.807, 2.05) is 0 Å². The molecule has 26 heavy (non-hydrogen) atoms. The van der Waals surface area contributed by atoms with Crippen molar-refractivity contribution in [2.45, 2.75) is 60.8 Å². The molecule has 3 aliphatic carbocycles. The van der Waals surface area contributed by atoms with Crippen LogP contribution in [0.2, 0.25) is 0 Å². The number of hydrogen-bond donors (Lipinski definition) is 0. The van der Waals surface area contributed by atoms with Gasteiger partial charge in [0, 0.05) is 18.4 Å². The first-order valence-corrected chi connectivity index (χ1v) is 9.75. The number of hydrogen-bond acceptors (Lipinski definition) is 4. The number of allylic oxidation sites excluding steroid dienone is 4. The molecule has 0 N–H and O–H groups in total. The normalized spacial score (nSPS) is 39.4. The topological polar surface area (TPSA) is 60.4 Å². The summed E-state index contributed by atoms with van der Waals surface area (Å²) in [5.41, 5.74) is 0.850. The Kier molecular flexibility index (Phi) is 4.74. The predicted octanol–water partition coefficient (Wildman–Crippen LogP) is 4.25. The van der Waals surface area contributed by atoms with Crippen LogP contribution in [0.25, 0.3) is 0 Å². The molecule has 0 radical (unpaired) electrons. The lowest BCUT2D eigenvalue weighted by atomic mass is 9.48. The van der Waals surface area contributed by atoms with E-state index in [0.717, 1.165) is 19.3 Å². The Morgan fingerprint density at radius 2 is 1.77 bits per heavy atom. The second kappa shape index (κ2) is 6.47. The van der Waals surface area contributed by atoms with Crippen molar-refractivity contribution in [3.63, 3.8) is 0 Å². The Labute approximate surface area is 156 Å². The minimum Gasteiger partial charge on any atom is -0.422 e. The number of ether oxygens (including phenoxy) is 1. The predicted molar refractivity (Wildman–Crippen MR) is 99.0 cm³/mol. The number of carbonyl (C=O) groups excluding carboxylic acids is 3. The van der Waals surface area contributed by atoms with Gasteiger partial charge < -0.3 is 4.74 Å². The lowest BCUT2D eigenvalue weighted by molar-refractivity contribution is -0.156. The van der Waals surface area contributed by atoms with Crippen LogP contribution in [-0.4, -0.2) is 17.5 Å². The maximum Gasteiger partial charge on any atom is 0.308 e. The van der Waals surface area contributed by atoms with Crippen molar-refractivity contribution in [3.05, 3.63) is 23.0 Å². The number of esters is 1. The average molecular weight is 358 g/mol. The zero-order valence-corrected chi connectivity index (χ0v) is 16.7. The van der Waals surface area contributed by atoms with E-state index >= 15 is 0 Å². The lowest BCUT2D eigenvalue weighted by Crippen LogP contribution is -2.58. The van der Waals surface area contributed by atoms with Gasteiger partial charge in [-0.2, -0.15) is 0 Å². The van der Waals surface area contributed by atoms with Gasteiger partial charge in [0.15, 0.2) is 11.5 Å². The molecule has 6 atom stereocenters. The number of Topliss-reactive ketones (excluding diaryl/α,β-unsaturated/α-hetero) is 2. The Morgan fingerprint density at radius 3 is 2.35 bits per heavy atom. The SMILES string of the molecule is CC(=O)OC1=C(C)C(=O)[C@]23[C@H](C=C(C)C)C[C@H](C)[C@H]2CC[C@H](C)[C@H]3C1=O. The maximum absolute atomic E-state index is 13.8. The Hall–Kier alpha value is -1.71. The fourth-order valence-electron chi connectivity index (χ4n) is 6.16. The highest BCUT2D eigenvalue weighted by molar-refractivity contribution is 6.15. The number of rotatable bonds is 2. The van der Waals surface area contributed by atoms with E-state index in [0.29, 0.717) is 11.5 Å². The molecule has 0 saturated heterocycles. The summed E-state index contributed by atoms with van der Waals surface area (Å²) >= 11 is 0. The van der Waals surface area contributed by atoms with Gasteiger partial charge in [-0.3, -0.25) is 14.4 Å². The fraction of sp³-hybridized carbons (Fsp3) is 0.682. The molecule has 0 aliphatic heterocycles. The minimum atomic E-state index is -0.667. The summed E-state index contributed by atoms with van der Waals surface area (Å²) in [6.45, 7) is 11.3. The van der Waals surface area contributed by atoms with Crippen molar-refractivity contribution >= 4 is 17.5 Å². The zero-order valence-electron chi connectivity index (χ0n) is 16.7. The Bertz CT molecular complexity index is 724. The van der Waals surface area contributed by atoms with Crippen LogP contribution in [0.3, 0.4) is 0 Å². The summed E-state index contributed by atoms with van der Waals surface area (Å²) in [7, 11) is 0. The summed E-state index contributed by atoms with van der Waals surface area (Å²) in [5.74, 6) is -0.252. The average Bonchev–Trinajstić information content (AvgIpc) is 2.81. The highest BCUT2D eigenvalue weighted by Crippen LogP contribution is 2.65. The second-order valence-electron chi connectivity index (χ2n) is 8.88. The molecule has 3 aliphatic rings. The monoisotopic (exact) mass is 358 g/mol. The van der Waals surface area contributed by atoms with Crippen LogP contribution in [0, 0.1) is 35.0 Å². The quantitative estimate of drug-likeness (QED) is 0.547. The molecule has 0 aromatic carbocycles. The van der Waals surface area contributed by atoms with Gasteiger partial charge in [0.1, 0.15) is 0 Å². The molecule has 0 amide bonds. The molecule has 0 bridgehead atoms. The standard InChI is InChI=1S/C22H30O4/c1-11(2)9-16-10-13(4)17-8-7-12(3)18-19(24)20(26-15(6)23)14(5)21(25)22(16,17)18/h9,12-13,16-18H,7-8,10H2,1-6H3/t12-,13-,16+,17+,18-,22+/m0/s1. The van der Waals surface area contributed by atoms with E-state index in [1.165, 1.54) is 12.5 Å². The molecule has 0 unspecified atom stereocenters. The number of carbonyl (C=O) groups is 3. The highest BCUT2D eigenvalue weighted by Gasteiger charge is 2.68. The van der Waals surface area contributed by atoms with Gasteiger partial charge in [-0.15, -0.1) is 0 Å². The Balaban J connectivity index is 2.24. The summed E-state index contributed by atoms with van der Waals surface area (Å²) < 4.78 is 5.23. The van der Waals surface area contributed by atoms with Crippen LogP contribution in [0.15, 0.2) is 23.0 Å². The van der Waals surface area contributed by atoms with Crippen LogP contribution in [0.5, 0.6) is 0 Å². The summed E-state index contributed by atoms with van der Waals surface area (Å²) in [6.07, 6.45) is 5.07. The van der Waals surface area contributed by atoms with Gasteiger partial charge in [0.05, 0.1) is 5.41 Å². The largest absolute Gasteiger partial charge is 0.422 e. The van der Waals surface area contributed by atoms with Crippen LogP contribution >= 0.6 is 0 Å². The van der Waals surface area contributed by atoms with Gasteiger partial charge in [0.25, 0.3) is 0 Å². The van der Waals surface area contributed by atoms with Gasteiger partial charge in [-0.25, -0.2) is 0 Å². The molecule has 2 saturated carbocycles.